The molecule has 1 atom stereocenters. The summed E-state index contributed by atoms with van der Waals surface area (Å²) in [4.78, 5) is 27.4. The molecule has 0 radical (unpaired) electrons. The van der Waals surface area contributed by atoms with Crippen molar-refractivity contribution < 1.29 is 18.0 Å². The van der Waals surface area contributed by atoms with Crippen LogP contribution in [-0.2, 0) is 26.2 Å². The molecule has 0 bridgehead atoms. The third-order valence-electron chi connectivity index (χ3n) is 5.38. The Morgan fingerprint density at radius 1 is 1.00 bits per heavy atom. The van der Waals surface area contributed by atoms with Crippen molar-refractivity contribution in [3.8, 4) is 0 Å². The van der Waals surface area contributed by atoms with E-state index in [1.165, 1.54) is 17.0 Å². The van der Waals surface area contributed by atoms with Crippen LogP contribution < -0.4 is 9.62 Å². The molecule has 2 aromatic carbocycles. The van der Waals surface area contributed by atoms with Gasteiger partial charge < -0.3 is 10.2 Å². The standard InChI is InChI=1S/C24H29Cl4N3O4S/c1-4-11-29-24(33)16(2)30(15-17-7-9-19(26)21(28)13-17)23(32)6-5-12-31(36(3,34)35)22-14-18(25)8-10-20(22)27/h7-10,13-14,16H,4-6,11-12,15H2,1-3H3,(H,29,33)/t16-/m1/s1. The quantitative estimate of drug-likeness (QED) is 0.336. The van der Waals surface area contributed by atoms with Crippen molar-refractivity contribution >= 4 is 73.9 Å². The number of carbonyl (C=O) groups excluding carboxylic acids is 2. The van der Waals surface area contributed by atoms with Crippen molar-refractivity contribution in [3.63, 3.8) is 0 Å². The Bertz CT molecular complexity index is 1190. The fourth-order valence-electron chi connectivity index (χ4n) is 3.47. The van der Waals surface area contributed by atoms with Gasteiger partial charge in [0.05, 0.1) is 27.0 Å². The third-order valence-corrected chi connectivity index (χ3v) is 7.86. The number of sulfonamides is 1. The average Bonchev–Trinajstić information content (AvgIpc) is 2.81. The van der Waals surface area contributed by atoms with Crippen LogP contribution in [0.5, 0.6) is 0 Å². The van der Waals surface area contributed by atoms with Crippen molar-refractivity contribution in [3.05, 3.63) is 62.1 Å². The largest absolute Gasteiger partial charge is 0.354 e. The molecule has 0 aliphatic carbocycles. The lowest BCUT2D eigenvalue weighted by molar-refractivity contribution is -0.140. The molecule has 0 fully saturated rings. The molecule has 0 saturated carbocycles. The molecular formula is C24H29Cl4N3O4S. The maximum absolute atomic E-state index is 13.3. The first-order valence-corrected chi connectivity index (χ1v) is 14.6. The summed E-state index contributed by atoms with van der Waals surface area (Å²) in [5.74, 6) is -0.598. The number of carbonyl (C=O) groups is 2. The summed E-state index contributed by atoms with van der Waals surface area (Å²) >= 11 is 24.4. The van der Waals surface area contributed by atoms with E-state index >= 15 is 0 Å². The summed E-state index contributed by atoms with van der Waals surface area (Å²) in [6.45, 7) is 4.20. The smallest absolute Gasteiger partial charge is 0.242 e. The summed E-state index contributed by atoms with van der Waals surface area (Å²) < 4.78 is 26.0. The molecule has 2 aromatic rings. The molecule has 0 aliphatic heterocycles. The van der Waals surface area contributed by atoms with E-state index in [2.05, 4.69) is 5.32 Å². The lowest BCUT2D eigenvalue weighted by Gasteiger charge is -2.29. The number of hydrogen-bond donors (Lipinski definition) is 1. The summed E-state index contributed by atoms with van der Waals surface area (Å²) in [5.41, 5.74) is 0.940. The number of nitrogens with one attached hydrogen (secondary N) is 1. The Morgan fingerprint density at radius 2 is 1.67 bits per heavy atom. The van der Waals surface area contributed by atoms with Crippen molar-refractivity contribution in [1.29, 1.82) is 0 Å². The van der Waals surface area contributed by atoms with Crippen LogP contribution in [-0.4, -0.2) is 50.5 Å². The molecule has 0 spiro atoms. The van der Waals surface area contributed by atoms with Crippen LogP contribution in [0, 0.1) is 0 Å². The summed E-state index contributed by atoms with van der Waals surface area (Å²) in [6.07, 6.45) is 2.00. The lowest BCUT2D eigenvalue weighted by atomic mass is 10.1. The number of nitrogens with zero attached hydrogens (tertiary/aromatic N) is 2. The molecule has 7 nitrogen and oxygen atoms in total. The van der Waals surface area contributed by atoms with Crippen molar-refractivity contribution in [2.75, 3.05) is 23.7 Å². The van der Waals surface area contributed by atoms with Crippen molar-refractivity contribution in [2.24, 2.45) is 0 Å². The van der Waals surface area contributed by atoms with Gasteiger partial charge in [0.2, 0.25) is 21.8 Å². The van der Waals surface area contributed by atoms with Gasteiger partial charge >= 0.3 is 0 Å². The number of hydrogen-bond acceptors (Lipinski definition) is 4. The van der Waals surface area contributed by atoms with Gasteiger partial charge in [-0.15, -0.1) is 0 Å². The van der Waals surface area contributed by atoms with E-state index in [0.29, 0.717) is 27.2 Å². The SMILES string of the molecule is CCCNC(=O)[C@@H](C)N(Cc1ccc(Cl)c(Cl)c1)C(=O)CCCN(c1cc(Cl)ccc1Cl)S(C)(=O)=O. The maximum atomic E-state index is 13.3. The van der Waals surface area contributed by atoms with Gasteiger partial charge in [-0.1, -0.05) is 59.4 Å². The predicted octanol–water partition coefficient (Wildman–Crippen LogP) is 5.79. The minimum absolute atomic E-state index is 0.00165. The van der Waals surface area contributed by atoms with Crippen LogP contribution in [0.3, 0.4) is 0 Å². The molecular weight excluding hydrogens is 568 g/mol. The summed E-state index contributed by atoms with van der Waals surface area (Å²) in [5, 5.41) is 4.08. The van der Waals surface area contributed by atoms with E-state index in [0.717, 1.165) is 17.0 Å². The highest BCUT2D eigenvalue weighted by atomic mass is 35.5. The van der Waals surface area contributed by atoms with Gasteiger partial charge in [0.25, 0.3) is 0 Å². The first-order valence-electron chi connectivity index (χ1n) is 11.3. The van der Waals surface area contributed by atoms with Crippen LogP contribution >= 0.6 is 46.4 Å². The highest BCUT2D eigenvalue weighted by Gasteiger charge is 2.27. The molecule has 0 saturated heterocycles. The van der Waals surface area contributed by atoms with E-state index in [1.807, 2.05) is 6.92 Å². The molecule has 2 amide bonds. The minimum atomic E-state index is -3.70. The minimum Gasteiger partial charge on any atom is -0.354 e. The molecule has 2 rings (SSSR count). The summed E-state index contributed by atoms with van der Waals surface area (Å²) in [6, 6.07) is 8.78. The van der Waals surface area contributed by atoms with Crippen LogP contribution in [0.1, 0.15) is 38.7 Å². The van der Waals surface area contributed by atoms with Gasteiger partial charge in [-0.2, -0.15) is 0 Å². The molecule has 12 heteroatoms. The van der Waals surface area contributed by atoms with Gasteiger partial charge in [-0.05, 0) is 55.7 Å². The molecule has 0 unspecified atom stereocenters. The van der Waals surface area contributed by atoms with E-state index < -0.39 is 16.1 Å². The fourth-order valence-corrected chi connectivity index (χ4v) is 5.20. The van der Waals surface area contributed by atoms with Crippen LogP contribution in [0.4, 0.5) is 5.69 Å². The number of halogens is 4. The van der Waals surface area contributed by atoms with E-state index in [-0.39, 0.29) is 48.5 Å². The molecule has 1 N–H and O–H groups in total. The molecule has 0 aliphatic rings. The molecule has 0 aromatic heterocycles. The molecule has 36 heavy (non-hydrogen) atoms. The third kappa shape index (κ3) is 8.70. The van der Waals surface area contributed by atoms with Gasteiger partial charge in [0, 0.05) is 31.1 Å². The maximum Gasteiger partial charge on any atom is 0.242 e. The number of anilines is 1. The average molecular weight is 597 g/mol. The van der Waals surface area contributed by atoms with Crippen LogP contribution in [0.25, 0.3) is 0 Å². The van der Waals surface area contributed by atoms with Crippen molar-refractivity contribution in [2.45, 2.75) is 45.7 Å². The Kier molecular flexibility index (Phi) is 11.6. The van der Waals surface area contributed by atoms with E-state index in [9.17, 15) is 18.0 Å². The highest BCUT2D eigenvalue weighted by molar-refractivity contribution is 7.92. The Balaban J connectivity index is 2.21. The second-order valence-electron chi connectivity index (χ2n) is 8.27. The van der Waals surface area contributed by atoms with Crippen LogP contribution in [0.2, 0.25) is 20.1 Å². The van der Waals surface area contributed by atoms with Crippen molar-refractivity contribution in [1.82, 2.24) is 10.2 Å². The van der Waals surface area contributed by atoms with Gasteiger partial charge in [0.15, 0.2) is 0 Å². The first-order chi connectivity index (χ1) is 16.8. The van der Waals surface area contributed by atoms with E-state index in [4.69, 9.17) is 46.4 Å². The normalized spacial score (nSPS) is 12.2. The zero-order valence-corrected chi connectivity index (χ0v) is 24.1. The lowest BCUT2D eigenvalue weighted by Crippen LogP contribution is -2.47. The Morgan fingerprint density at radius 3 is 2.28 bits per heavy atom. The number of benzene rings is 2. The highest BCUT2D eigenvalue weighted by Crippen LogP contribution is 2.31. The topological polar surface area (TPSA) is 86.8 Å². The van der Waals surface area contributed by atoms with Crippen LogP contribution in [0.15, 0.2) is 36.4 Å². The van der Waals surface area contributed by atoms with Gasteiger partial charge in [-0.25, -0.2) is 8.42 Å². The van der Waals surface area contributed by atoms with E-state index in [1.54, 1.807) is 31.2 Å². The number of amides is 2. The van der Waals surface area contributed by atoms with Gasteiger partial charge in [-0.3, -0.25) is 13.9 Å². The zero-order chi connectivity index (χ0) is 27.0. The first kappa shape index (κ1) is 30.5. The second-order valence-corrected chi connectivity index (χ2v) is 11.8. The Labute approximate surface area is 232 Å². The van der Waals surface area contributed by atoms with Gasteiger partial charge in [0.1, 0.15) is 6.04 Å². The fraction of sp³-hybridized carbons (Fsp3) is 0.417. The zero-order valence-electron chi connectivity index (χ0n) is 20.2. The summed E-state index contributed by atoms with van der Waals surface area (Å²) in [7, 11) is -3.70. The molecule has 0 heterocycles. The molecule has 198 valence electrons. The predicted molar refractivity (Wildman–Crippen MR) is 148 cm³/mol. The monoisotopic (exact) mass is 595 g/mol. The Hall–Kier alpha value is -1.71. The number of rotatable bonds is 12. The second kappa shape index (κ2) is 13.7.